The Hall–Kier alpha value is -2.76. The minimum atomic E-state index is 0.0724. The van der Waals surface area contributed by atoms with Crippen molar-refractivity contribution in [1.29, 1.82) is 5.41 Å². The van der Waals surface area contributed by atoms with Crippen LogP contribution in [0.3, 0.4) is 0 Å². The maximum Gasteiger partial charge on any atom is 0.227 e. The normalized spacial score (nSPS) is 17.5. The molecule has 0 aromatic rings. The van der Waals surface area contributed by atoms with E-state index < -0.39 is 0 Å². The van der Waals surface area contributed by atoms with Crippen molar-refractivity contribution in [2.24, 2.45) is 5.73 Å². The van der Waals surface area contributed by atoms with Crippen LogP contribution in [-0.2, 0) is 14.3 Å². The number of hydrogen-bond donors (Lipinski definition) is 2. The lowest BCUT2D eigenvalue weighted by Gasteiger charge is -2.28. The number of nitrogens with one attached hydrogen (secondary N) is 1. The molecule has 0 radical (unpaired) electrons. The lowest BCUT2D eigenvalue weighted by Crippen LogP contribution is -2.32. The largest absolute Gasteiger partial charge is 0.494 e. The number of ether oxygens (including phenoxy) is 2. The minimum absolute atomic E-state index is 0.0724. The van der Waals surface area contributed by atoms with E-state index in [9.17, 15) is 4.79 Å². The van der Waals surface area contributed by atoms with Crippen LogP contribution in [0.5, 0.6) is 0 Å². The van der Waals surface area contributed by atoms with Crippen molar-refractivity contribution in [3.63, 3.8) is 0 Å². The minimum Gasteiger partial charge on any atom is -0.494 e. The molecule has 1 fully saturated rings. The van der Waals surface area contributed by atoms with Crippen molar-refractivity contribution in [1.82, 2.24) is 4.90 Å². The van der Waals surface area contributed by atoms with Crippen molar-refractivity contribution in [3.05, 3.63) is 57.9 Å². The van der Waals surface area contributed by atoms with E-state index in [0.717, 1.165) is 41.9 Å². The van der Waals surface area contributed by atoms with Gasteiger partial charge in [-0.2, -0.15) is 0 Å². The summed E-state index contributed by atoms with van der Waals surface area (Å²) < 4.78 is 11.9. The van der Waals surface area contributed by atoms with Gasteiger partial charge in [0.2, 0.25) is 5.91 Å². The van der Waals surface area contributed by atoms with Crippen LogP contribution in [0.25, 0.3) is 0 Å². The SMILES string of the molecule is C/C=C(/OCCCC(=O)N1CCCOC2=C(/C(C=N)=C/N)CCC=C21)C(C)=C(C)C. The van der Waals surface area contributed by atoms with Crippen molar-refractivity contribution in [3.8, 4) is 0 Å². The van der Waals surface area contributed by atoms with Gasteiger partial charge in [0.1, 0.15) is 11.5 Å². The quantitative estimate of drug-likeness (QED) is 0.261. The molecule has 1 amide bonds. The maximum atomic E-state index is 13.0. The van der Waals surface area contributed by atoms with Gasteiger partial charge < -0.3 is 25.5 Å². The van der Waals surface area contributed by atoms with Crippen LogP contribution < -0.4 is 5.73 Å². The Balaban J connectivity index is 2.06. The van der Waals surface area contributed by atoms with E-state index in [1.165, 1.54) is 18.0 Å². The van der Waals surface area contributed by atoms with Gasteiger partial charge >= 0.3 is 0 Å². The zero-order valence-electron chi connectivity index (χ0n) is 18.7. The Kier molecular flexibility index (Phi) is 8.96. The molecule has 0 aromatic heterocycles. The molecule has 0 spiro atoms. The molecule has 0 bridgehead atoms. The highest BCUT2D eigenvalue weighted by Crippen LogP contribution is 2.34. The summed E-state index contributed by atoms with van der Waals surface area (Å²) >= 11 is 0. The standard InChI is InChI=1S/C24H35N3O3/c1-5-22(18(4)17(2)3)29-13-7-11-23(28)27-12-8-14-30-24-20(19(15-25)16-26)9-6-10-21(24)27/h5,10,15-16,25H,6-9,11-14,26H2,1-4H3/b19-16+,22-5+,25-15?. The first kappa shape index (κ1) is 23.5. The van der Waals surface area contributed by atoms with Crippen LogP contribution >= 0.6 is 0 Å². The first-order valence-corrected chi connectivity index (χ1v) is 10.7. The highest BCUT2D eigenvalue weighted by atomic mass is 16.5. The highest BCUT2D eigenvalue weighted by Gasteiger charge is 2.29. The fourth-order valence-corrected chi connectivity index (χ4v) is 3.59. The Morgan fingerprint density at radius 3 is 2.77 bits per heavy atom. The van der Waals surface area contributed by atoms with Gasteiger partial charge in [-0.15, -0.1) is 0 Å². The molecule has 0 saturated carbocycles. The monoisotopic (exact) mass is 413 g/mol. The molecule has 6 heteroatoms. The lowest BCUT2D eigenvalue weighted by atomic mass is 9.94. The molecule has 3 N–H and O–H groups in total. The van der Waals surface area contributed by atoms with E-state index in [-0.39, 0.29) is 5.91 Å². The van der Waals surface area contributed by atoms with Gasteiger partial charge in [0.05, 0.1) is 18.9 Å². The van der Waals surface area contributed by atoms with E-state index in [1.54, 1.807) is 0 Å². The predicted octanol–water partition coefficient (Wildman–Crippen LogP) is 4.72. The van der Waals surface area contributed by atoms with Crippen LogP contribution in [0.15, 0.2) is 57.9 Å². The fraction of sp³-hybridized carbons (Fsp3) is 0.500. The molecule has 6 nitrogen and oxygen atoms in total. The van der Waals surface area contributed by atoms with Crippen LogP contribution in [0.1, 0.15) is 59.8 Å². The Morgan fingerprint density at radius 1 is 1.37 bits per heavy atom. The third-order valence-corrected chi connectivity index (χ3v) is 5.46. The van der Waals surface area contributed by atoms with E-state index >= 15 is 0 Å². The summed E-state index contributed by atoms with van der Waals surface area (Å²) in [4.78, 5) is 14.9. The molecule has 0 aromatic carbocycles. The second kappa shape index (κ2) is 11.4. The van der Waals surface area contributed by atoms with Gasteiger partial charge in [0.25, 0.3) is 0 Å². The molecular weight excluding hydrogens is 378 g/mol. The van der Waals surface area contributed by atoms with E-state index in [4.69, 9.17) is 20.6 Å². The van der Waals surface area contributed by atoms with Crippen molar-refractivity contribution >= 4 is 12.1 Å². The predicted molar refractivity (Wildman–Crippen MR) is 121 cm³/mol. The second-order valence-electron chi connectivity index (χ2n) is 7.68. The van der Waals surface area contributed by atoms with Gasteiger partial charge in [0, 0.05) is 36.5 Å². The molecule has 30 heavy (non-hydrogen) atoms. The number of carbonyl (C=O) groups is 1. The first-order chi connectivity index (χ1) is 14.4. The number of fused-ring (bicyclic) bond motifs is 1. The summed E-state index contributed by atoms with van der Waals surface area (Å²) in [5.74, 6) is 1.64. The lowest BCUT2D eigenvalue weighted by molar-refractivity contribution is -0.129. The number of rotatable bonds is 8. The zero-order valence-corrected chi connectivity index (χ0v) is 18.7. The third kappa shape index (κ3) is 5.65. The van der Waals surface area contributed by atoms with E-state index in [0.29, 0.717) is 43.9 Å². The van der Waals surface area contributed by atoms with Crippen molar-refractivity contribution in [2.45, 2.75) is 59.8 Å². The molecule has 1 aliphatic heterocycles. The molecule has 0 unspecified atom stereocenters. The van der Waals surface area contributed by atoms with Crippen LogP contribution in [0, 0.1) is 5.41 Å². The molecule has 0 atom stereocenters. The van der Waals surface area contributed by atoms with Crippen molar-refractivity contribution < 1.29 is 14.3 Å². The first-order valence-electron chi connectivity index (χ1n) is 10.7. The summed E-state index contributed by atoms with van der Waals surface area (Å²) in [5, 5.41) is 7.63. The summed E-state index contributed by atoms with van der Waals surface area (Å²) in [6, 6.07) is 0. The summed E-state index contributed by atoms with van der Waals surface area (Å²) in [5.41, 5.74) is 10.4. The number of hydrogen-bond acceptors (Lipinski definition) is 5. The smallest absolute Gasteiger partial charge is 0.227 e. The van der Waals surface area contributed by atoms with Crippen LogP contribution in [-0.4, -0.2) is 36.8 Å². The molecular formula is C24H35N3O3. The Labute approximate surface area is 180 Å². The van der Waals surface area contributed by atoms with E-state index in [1.807, 2.05) is 24.8 Å². The molecule has 1 saturated heterocycles. The van der Waals surface area contributed by atoms with E-state index in [2.05, 4.69) is 19.9 Å². The average molecular weight is 414 g/mol. The molecule has 2 aliphatic rings. The Bertz CT molecular complexity index is 812. The summed E-state index contributed by atoms with van der Waals surface area (Å²) in [6.07, 6.45) is 10.1. The number of carbonyl (C=O) groups excluding carboxylic acids is 1. The number of amides is 1. The second-order valence-corrected chi connectivity index (χ2v) is 7.68. The van der Waals surface area contributed by atoms with Gasteiger partial charge in [-0.1, -0.05) is 11.6 Å². The number of nitrogens with zero attached hydrogens (tertiary/aromatic N) is 1. The van der Waals surface area contributed by atoms with Crippen LogP contribution in [0.2, 0.25) is 0 Å². The van der Waals surface area contributed by atoms with Crippen molar-refractivity contribution in [2.75, 3.05) is 19.8 Å². The molecule has 1 heterocycles. The number of nitrogens with two attached hydrogens (primary N) is 1. The fourth-order valence-electron chi connectivity index (χ4n) is 3.59. The summed E-state index contributed by atoms with van der Waals surface area (Å²) in [6.45, 7) is 9.82. The topological polar surface area (TPSA) is 88.6 Å². The average Bonchev–Trinajstić information content (AvgIpc) is 2.97. The zero-order chi connectivity index (χ0) is 22.1. The van der Waals surface area contributed by atoms with Gasteiger partial charge in [-0.05, 0) is 65.0 Å². The molecule has 164 valence electrons. The molecule has 2 rings (SSSR count). The van der Waals surface area contributed by atoms with Gasteiger partial charge in [-0.25, -0.2) is 0 Å². The highest BCUT2D eigenvalue weighted by molar-refractivity contribution is 5.84. The summed E-state index contributed by atoms with van der Waals surface area (Å²) in [7, 11) is 0. The van der Waals surface area contributed by atoms with Crippen LogP contribution in [0.4, 0.5) is 0 Å². The van der Waals surface area contributed by atoms with Gasteiger partial charge in [0.15, 0.2) is 0 Å². The Morgan fingerprint density at radius 2 is 2.13 bits per heavy atom. The number of allylic oxidation sites excluding steroid dienone is 6. The molecule has 1 aliphatic carbocycles. The third-order valence-electron chi connectivity index (χ3n) is 5.46. The van der Waals surface area contributed by atoms with Gasteiger partial charge in [-0.3, -0.25) is 4.79 Å². The maximum absolute atomic E-state index is 13.0.